The van der Waals surface area contributed by atoms with E-state index in [-0.39, 0.29) is 41.9 Å². The smallest absolute Gasteiger partial charge is 0.264 e. The highest BCUT2D eigenvalue weighted by Crippen LogP contribution is 2.39. The first kappa shape index (κ1) is 16.2. The molecular formula is C19H18FNO3. The number of fused-ring (bicyclic) bond motifs is 1. The number of amides is 1. The van der Waals surface area contributed by atoms with Crippen molar-refractivity contribution in [3.63, 3.8) is 0 Å². The highest BCUT2D eigenvalue weighted by molar-refractivity contribution is 6.04. The number of rotatable bonds is 4. The number of likely N-dealkylation sites (N-methyl/N-ethyl adjacent to an activating group) is 1. The summed E-state index contributed by atoms with van der Waals surface area (Å²) in [4.78, 5) is 25.9. The van der Waals surface area contributed by atoms with E-state index in [0.717, 1.165) is 5.69 Å². The van der Waals surface area contributed by atoms with E-state index in [4.69, 9.17) is 4.74 Å². The van der Waals surface area contributed by atoms with Crippen LogP contribution in [0.25, 0.3) is 0 Å². The number of anilines is 1. The zero-order valence-electron chi connectivity index (χ0n) is 13.6. The minimum absolute atomic E-state index is 0.143. The third kappa shape index (κ3) is 2.89. The molecule has 24 heavy (non-hydrogen) atoms. The fourth-order valence-electron chi connectivity index (χ4n) is 2.98. The third-order valence-electron chi connectivity index (χ3n) is 4.29. The molecule has 0 heterocycles. The first-order valence-electron chi connectivity index (χ1n) is 7.79. The van der Waals surface area contributed by atoms with Gasteiger partial charge in [-0.25, -0.2) is 4.39 Å². The van der Waals surface area contributed by atoms with Crippen LogP contribution in [0.2, 0.25) is 0 Å². The van der Waals surface area contributed by atoms with Crippen LogP contribution in [0, 0.1) is 5.82 Å². The van der Waals surface area contributed by atoms with Gasteiger partial charge in [-0.1, -0.05) is 25.1 Å². The van der Waals surface area contributed by atoms with E-state index in [1.54, 1.807) is 7.05 Å². The Bertz CT molecular complexity index is 789. The minimum atomic E-state index is -0.400. The summed E-state index contributed by atoms with van der Waals surface area (Å²) in [7, 11) is 1.66. The Hall–Kier alpha value is -2.69. The quantitative estimate of drug-likeness (QED) is 0.862. The van der Waals surface area contributed by atoms with Crippen LogP contribution in [0.15, 0.2) is 42.5 Å². The number of Topliss-reactive ketones (excluding diaryl/α,β-unsaturated/α-hetero) is 1. The van der Waals surface area contributed by atoms with Gasteiger partial charge in [0.1, 0.15) is 11.6 Å². The number of ether oxygens (including phenoxy) is 1. The standard InChI is InChI=1S/C19H18FNO3/c1-12-10-15(22)19-16(9-8-14(20)18(12)19)24-11-17(23)21(2)13-6-4-3-5-7-13/h3-9,12H,10-11H2,1-2H3/t12-/m1/s1. The first-order valence-corrected chi connectivity index (χ1v) is 7.79. The minimum Gasteiger partial charge on any atom is -0.483 e. The number of nitrogens with zero attached hydrogens (tertiary/aromatic N) is 1. The summed E-state index contributed by atoms with van der Waals surface area (Å²) in [6.07, 6.45) is 0.268. The SMILES string of the molecule is C[C@@H]1CC(=O)c2c(OCC(=O)N(C)c3ccccc3)ccc(F)c21. The summed E-state index contributed by atoms with van der Waals surface area (Å²) in [5.74, 6) is -0.689. The van der Waals surface area contributed by atoms with Crippen LogP contribution in [-0.4, -0.2) is 25.3 Å². The van der Waals surface area contributed by atoms with Gasteiger partial charge >= 0.3 is 0 Å². The molecule has 0 saturated carbocycles. The average Bonchev–Trinajstić information content (AvgIpc) is 2.90. The molecule has 0 fully saturated rings. The molecule has 1 atom stereocenters. The van der Waals surface area contributed by atoms with Gasteiger partial charge < -0.3 is 9.64 Å². The van der Waals surface area contributed by atoms with E-state index in [2.05, 4.69) is 0 Å². The lowest BCUT2D eigenvalue weighted by Crippen LogP contribution is -2.31. The van der Waals surface area contributed by atoms with Crippen LogP contribution < -0.4 is 9.64 Å². The Kier molecular flexibility index (Phi) is 4.34. The highest BCUT2D eigenvalue weighted by Gasteiger charge is 2.32. The zero-order chi connectivity index (χ0) is 17.3. The number of hydrogen-bond donors (Lipinski definition) is 0. The van der Waals surface area contributed by atoms with Crippen LogP contribution in [0.4, 0.5) is 10.1 Å². The van der Waals surface area contributed by atoms with Crippen molar-refractivity contribution in [1.82, 2.24) is 0 Å². The van der Waals surface area contributed by atoms with Crippen LogP contribution in [0.3, 0.4) is 0 Å². The molecule has 0 unspecified atom stereocenters. The van der Waals surface area contributed by atoms with E-state index < -0.39 is 5.82 Å². The van der Waals surface area contributed by atoms with Crippen molar-refractivity contribution in [2.75, 3.05) is 18.6 Å². The van der Waals surface area contributed by atoms with Crippen LogP contribution in [0.5, 0.6) is 5.75 Å². The normalized spacial score (nSPS) is 16.0. The Balaban J connectivity index is 1.76. The molecule has 2 aromatic rings. The topological polar surface area (TPSA) is 46.6 Å². The van der Waals surface area contributed by atoms with E-state index >= 15 is 0 Å². The van der Waals surface area contributed by atoms with Gasteiger partial charge in [0, 0.05) is 24.7 Å². The largest absolute Gasteiger partial charge is 0.483 e. The molecule has 4 nitrogen and oxygen atoms in total. The molecule has 5 heteroatoms. The molecule has 2 aromatic carbocycles. The predicted molar refractivity (Wildman–Crippen MR) is 89.1 cm³/mol. The Labute approximate surface area is 139 Å². The summed E-state index contributed by atoms with van der Waals surface area (Å²) in [5, 5.41) is 0. The monoisotopic (exact) mass is 327 g/mol. The van der Waals surface area contributed by atoms with Crippen molar-refractivity contribution in [2.24, 2.45) is 0 Å². The lowest BCUT2D eigenvalue weighted by molar-refractivity contribution is -0.120. The fraction of sp³-hybridized carbons (Fsp3) is 0.263. The Morgan fingerprint density at radius 2 is 1.96 bits per heavy atom. The molecule has 0 spiro atoms. The van der Waals surface area contributed by atoms with Crippen molar-refractivity contribution in [3.05, 3.63) is 59.4 Å². The molecule has 124 valence electrons. The lowest BCUT2D eigenvalue weighted by atomic mass is 10.0. The molecule has 0 radical (unpaired) electrons. The molecule has 0 saturated heterocycles. The third-order valence-corrected chi connectivity index (χ3v) is 4.29. The highest BCUT2D eigenvalue weighted by atomic mass is 19.1. The number of benzene rings is 2. The van der Waals surface area contributed by atoms with Crippen molar-refractivity contribution < 1.29 is 18.7 Å². The van der Waals surface area contributed by atoms with Gasteiger partial charge in [-0.05, 0) is 30.2 Å². The van der Waals surface area contributed by atoms with Gasteiger partial charge in [0.15, 0.2) is 12.4 Å². The maximum atomic E-state index is 14.0. The Morgan fingerprint density at radius 3 is 2.67 bits per heavy atom. The van der Waals surface area contributed by atoms with E-state index in [1.807, 2.05) is 37.3 Å². The van der Waals surface area contributed by atoms with Crippen LogP contribution in [-0.2, 0) is 4.79 Å². The van der Waals surface area contributed by atoms with Crippen LogP contribution in [0.1, 0.15) is 35.2 Å². The van der Waals surface area contributed by atoms with Gasteiger partial charge in [0.2, 0.25) is 0 Å². The zero-order valence-corrected chi connectivity index (χ0v) is 13.6. The van der Waals surface area contributed by atoms with Gasteiger partial charge in [0.05, 0.1) is 5.56 Å². The second-order valence-electron chi connectivity index (χ2n) is 5.94. The van der Waals surface area contributed by atoms with Gasteiger partial charge in [-0.2, -0.15) is 0 Å². The van der Waals surface area contributed by atoms with Crippen molar-refractivity contribution in [1.29, 1.82) is 0 Å². The summed E-state index contributed by atoms with van der Waals surface area (Å²) in [6, 6.07) is 11.9. The van der Waals surface area contributed by atoms with Gasteiger partial charge in [0.25, 0.3) is 5.91 Å². The van der Waals surface area contributed by atoms with E-state index in [0.29, 0.717) is 5.56 Å². The number of carbonyl (C=O) groups is 2. The average molecular weight is 327 g/mol. The molecule has 0 aliphatic heterocycles. The van der Waals surface area contributed by atoms with Gasteiger partial charge in [-0.3, -0.25) is 9.59 Å². The van der Waals surface area contributed by atoms with E-state index in [9.17, 15) is 14.0 Å². The number of ketones is 1. The Morgan fingerprint density at radius 1 is 1.25 bits per heavy atom. The molecule has 0 aromatic heterocycles. The van der Waals surface area contributed by atoms with Crippen molar-refractivity contribution >= 4 is 17.4 Å². The van der Waals surface area contributed by atoms with E-state index in [1.165, 1.54) is 17.0 Å². The summed E-state index contributed by atoms with van der Waals surface area (Å²) < 4.78 is 19.5. The molecule has 1 amide bonds. The number of hydrogen-bond acceptors (Lipinski definition) is 3. The van der Waals surface area contributed by atoms with Gasteiger partial charge in [-0.15, -0.1) is 0 Å². The molecule has 0 bridgehead atoms. The van der Waals surface area contributed by atoms with Crippen molar-refractivity contribution in [3.8, 4) is 5.75 Å². The second-order valence-corrected chi connectivity index (χ2v) is 5.94. The number of carbonyl (C=O) groups excluding carboxylic acids is 2. The second kappa shape index (κ2) is 6.43. The number of para-hydroxylation sites is 1. The van der Waals surface area contributed by atoms with Crippen molar-refractivity contribution in [2.45, 2.75) is 19.3 Å². The predicted octanol–water partition coefficient (Wildman–Crippen LogP) is 3.56. The summed E-state index contributed by atoms with van der Waals surface area (Å²) >= 11 is 0. The molecule has 3 rings (SSSR count). The maximum Gasteiger partial charge on any atom is 0.264 e. The number of halogens is 1. The molecular weight excluding hydrogens is 309 g/mol. The summed E-state index contributed by atoms with van der Waals surface area (Å²) in [6.45, 7) is 1.59. The molecule has 1 aliphatic carbocycles. The maximum absolute atomic E-state index is 14.0. The fourth-order valence-corrected chi connectivity index (χ4v) is 2.98. The first-order chi connectivity index (χ1) is 11.5. The van der Waals surface area contributed by atoms with Crippen LogP contribution >= 0.6 is 0 Å². The summed E-state index contributed by atoms with van der Waals surface area (Å²) in [5.41, 5.74) is 1.42. The molecule has 0 N–H and O–H groups in total. The lowest BCUT2D eigenvalue weighted by Gasteiger charge is -2.18. The molecule has 1 aliphatic rings.